The van der Waals surface area contributed by atoms with Gasteiger partial charge < -0.3 is 20.5 Å². The Labute approximate surface area is 164 Å². The van der Waals surface area contributed by atoms with Crippen LogP contribution < -0.4 is 15.4 Å². The number of benzene rings is 1. The van der Waals surface area contributed by atoms with Crippen LogP contribution in [0.5, 0.6) is 5.75 Å². The number of nitrogens with one attached hydrogen (secondary N) is 2. The van der Waals surface area contributed by atoms with E-state index in [1.165, 1.54) is 0 Å². The predicted octanol–water partition coefficient (Wildman–Crippen LogP) is 1.76. The van der Waals surface area contributed by atoms with Crippen molar-refractivity contribution in [2.45, 2.75) is 19.4 Å². The molecule has 0 spiro atoms. The van der Waals surface area contributed by atoms with Crippen LogP contribution in [0, 0.1) is 5.92 Å². The number of nitrogens with zero attached hydrogens (tertiary/aromatic N) is 2. The summed E-state index contributed by atoms with van der Waals surface area (Å²) in [5, 5.41) is 15.9. The highest BCUT2D eigenvalue weighted by atomic mass is 16.5. The molecule has 0 aliphatic carbocycles. The van der Waals surface area contributed by atoms with Crippen molar-refractivity contribution in [2.24, 2.45) is 10.9 Å². The molecule has 2 atom stereocenters. The van der Waals surface area contributed by atoms with Gasteiger partial charge in [-0.1, -0.05) is 0 Å². The van der Waals surface area contributed by atoms with Gasteiger partial charge in [0.1, 0.15) is 11.9 Å². The number of aliphatic hydroxyl groups is 1. The molecule has 2 heterocycles. The number of aliphatic imine (C=N–C) groups is 1. The summed E-state index contributed by atoms with van der Waals surface area (Å²) >= 11 is 0. The molecule has 0 bridgehead atoms. The molecule has 3 N–H and O–H groups in total. The Morgan fingerprint density at radius 1 is 1.54 bits per heavy atom. The highest BCUT2D eigenvalue weighted by Crippen LogP contribution is 2.31. The molecule has 1 aliphatic heterocycles. The maximum Gasteiger partial charge on any atom is 0.220 e. The van der Waals surface area contributed by atoms with Crippen molar-refractivity contribution in [2.75, 3.05) is 26.7 Å². The fourth-order valence-electron chi connectivity index (χ4n) is 3.25. The summed E-state index contributed by atoms with van der Waals surface area (Å²) in [5.41, 5.74) is 2.59. The second kappa shape index (κ2) is 9.32. The van der Waals surface area contributed by atoms with Crippen LogP contribution in [0.1, 0.15) is 18.9 Å². The lowest BCUT2D eigenvalue weighted by molar-refractivity contribution is -0.119. The van der Waals surface area contributed by atoms with Crippen LogP contribution in [-0.2, 0) is 4.79 Å². The summed E-state index contributed by atoms with van der Waals surface area (Å²) in [7, 11) is 1.71. The van der Waals surface area contributed by atoms with Gasteiger partial charge in [0.05, 0.1) is 12.1 Å². The van der Waals surface area contributed by atoms with E-state index in [0.29, 0.717) is 19.5 Å². The van der Waals surface area contributed by atoms with Crippen molar-refractivity contribution >= 4 is 28.6 Å². The Kier molecular flexibility index (Phi) is 6.60. The smallest absolute Gasteiger partial charge is 0.220 e. The van der Waals surface area contributed by atoms with E-state index in [1.54, 1.807) is 19.5 Å². The first-order valence-corrected chi connectivity index (χ1v) is 9.41. The number of amides is 1. The van der Waals surface area contributed by atoms with Gasteiger partial charge in [-0.2, -0.15) is 0 Å². The molecule has 0 unspecified atom stereocenters. The number of carbonyl (C=O) groups excluding carboxylic acids is 1. The molecular weight excluding hydrogens is 356 g/mol. The summed E-state index contributed by atoms with van der Waals surface area (Å²) in [6.45, 7) is 3.13. The molecule has 1 amide bonds. The van der Waals surface area contributed by atoms with Crippen LogP contribution in [0.15, 0.2) is 41.7 Å². The Morgan fingerprint density at radius 2 is 2.39 bits per heavy atom. The third-order valence-corrected chi connectivity index (χ3v) is 4.78. The zero-order valence-electron chi connectivity index (χ0n) is 16.2. The number of hydrogen-bond acceptors (Lipinski definition) is 6. The molecule has 1 fully saturated rings. The minimum absolute atomic E-state index is 0.0480. The van der Waals surface area contributed by atoms with E-state index in [-0.39, 0.29) is 24.5 Å². The second-order valence-corrected chi connectivity index (χ2v) is 6.80. The van der Waals surface area contributed by atoms with Gasteiger partial charge in [0.2, 0.25) is 5.91 Å². The highest BCUT2D eigenvalue weighted by Gasteiger charge is 2.28. The lowest BCUT2D eigenvalue weighted by atomic mass is 10.0. The summed E-state index contributed by atoms with van der Waals surface area (Å²) in [4.78, 5) is 20.1. The van der Waals surface area contributed by atoms with Crippen molar-refractivity contribution in [1.82, 2.24) is 15.6 Å². The number of pyridine rings is 1. The van der Waals surface area contributed by atoms with Gasteiger partial charge in [-0.3, -0.25) is 14.8 Å². The number of fused-ring (bicyclic) bond motifs is 1. The minimum Gasteiger partial charge on any atom is -0.490 e. The average molecular weight is 382 g/mol. The quantitative estimate of drug-likeness (QED) is 0.478. The van der Waals surface area contributed by atoms with Crippen molar-refractivity contribution in [3.05, 3.63) is 42.2 Å². The molecule has 0 saturated carbocycles. The lowest BCUT2D eigenvalue weighted by Crippen LogP contribution is -2.25. The molecule has 1 aromatic carbocycles. The van der Waals surface area contributed by atoms with Gasteiger partial charge in [0.15, 0.2) is 0 Å². The van der Waals surface area contributed by atoms with Crippen LogP contribution in [0.3, 0.4) is 0 Å². The Hall–Kier alpha value is -2.93. The molecule has 3 rings (SSSR count). The monoisotopic (exact) mass is 382 g/mol. The zero-order valence-corrected chi connectivity index (χ0v) is 16.2. The Morgan fingerprint density at radius 3 is 3.11 bits per heavy atom. The molecule has 0 radical (unpaired) electrons. The van der Waals surface area contributed by atoms with E-state index in [0.717, 1.165) is 27.8 Å². The van der Waals surface area contributed by atoms with Gasteiger partial charge in [-0.05, 0) is 36.8 Å². The first-order chi connectivity index (χ1) is 13.6. The van der Waals surface area contributed by atoms with Crippen LogP contribution in [0.25, 0.3) is 16.5 Å². The van der Waals surface area contributed by atoms with Crippen LogP contribution in [0.4, 0.5) is 0 Å². The van der Waals surface area contributed by atoms with Crippen LogP contribution in [0.2, 0.25) is 0 Å². The van der Waals surface area contributed by atoms with Crippen molar-refractivity contribution < 1.29 is 14.6 Å². The van der Waals surface area contributed by atoms with Crippen molar-refractivity contribution in [3.8, 4) is 5.75 Å². The molecule has 1 aliphatic rings. The maximum absolute atomic E-state index is 11.5. The number of carbonyl (C=O) groups is 1. The topological polar surface area (TPSA) is 95.8 Å². The number of ether oxygens (including phenoxy) is 1. The predicted molar refractivity (Wildman–Crippen MR) is 110 cm³/mol. The van der Waals surface area contributed by atoms with E-state index < -0.39 is 0 Å². The molecule has 1 saturated heterocycles. The average Bonchev–Trinajstić information content (AvgIpc) is 3.14. The minimum atomic E-state index is -0.114. The highest BCUT2D eigenvalue weighted by molar-refractivity contribution is 6.11. The van der Waals surface area contributed by atoms with Gasteiger partial charge in [0.25, 0.3) is 0 Å². The van der Waals surface area contributed by atoms with Gasteiger partial charge in [0, 0.05) is 62.0 Å². The van der Waals surface area contributed by atoms with Crippen LogP contribution in [-0.4, -0.2) is 55.1 Å². The first-order valence-electron chi connectivity index (χ1n) is 9.41. The number of hydrogen-bond donors (Lipinski definition) is 3. The van der Waals surface area contributed by atoms with Gasteiger partial charge in [-0.25, -0.2) is 0 Å². The van der Waals surface area contributed by atoms with E-state index in [4.69, 9.17) is 9.84 Å². The number of rotatable bonds is 8. The standard InChI is InChI=1S/C21H26N4O3/c1-14(16-10-21(27)25-13-16)28-20-9-15(8-19-18(20)4-3-5-24-19)17(11-22-2)12-23-6-7-26/h3-5,8-9,11-12,14,16,23,26H,6-7,10,13H2,1-2H3,(H,25,27)/b17-12+,22-11-/t14-,16-/m1/s1. The third kappa shape index (κ3) is 4.67. The number of aliphatic hydroxyl groups excluding tert-OH is 1. The molecule has 148 valence electrons. The van der Waals surface area contributed by atoms with E-state index in [2.05, 4.69) is 20.6 Å². The summed E-state index contributed by atoms with van der Waals surface area (Å²) in [6.07, 6.45) is 5.69. The third-order valence-electron chi connectivity index (χ3n) is 4.78. The van der Waals surface area contributed by atoms with E-state index in [1.807, 2.05) is 37.4 Å². The number of aromatic nitrogens is 1. The Bertz CT molecular complexity index is 894. The fourth-order valence-corrected chi connectivity index (χ4v) is 3.25. The van der Waals surface area contributed by atoms with Gasteiger partial charge >= 0.3 is 0 Å². The summed E-state index contributed by atoms with van der Waals surface area (Å²) < 4.78 is 6.29. The van der Waals surface area contributed by atoms with E-state index >= 15 is 0 Å². The molecule has 7 heteroatoms. The molecular formula is C21H26N4O3. The van der Waals surface area contributed by atoms with Crippen molar-refractivity contribution in [1.29, 1.82) is 0 Å². The molecule has 7 nitrogen and oxygen atoms in total. The van der Waals surface area contributed by atoms with Crippen molar-refractivity contribution in [3.63, 3.8) is 0 Å². The normalized spacial score (nSPS) is 18.5. The zero-order chi connectivity index (χ0) is 19.9. The maximum atomic E-state index is 11.5. The molecule has 2 aromatic rings. The Balaban J connectivity index is 1.96. The first kappa shape index (κ1) is 19.8. The summed E-state index contributed by atoms with van der Waals surface area (Å²) in [5.74, 6) is 0.936. The SMILES string of the molecule is C/N=C\C(=C/NCCO)c1cc(O[C@H](C)[C@H]2CNC(=O)C2)c2cccnc2c1. The number of allylic oxidation sites excluding steroid dienone is 1. The lowest BCUT2D eigenvalue weighted by Gasteiger charge is -2.21. The second-order valence-electron chi connectivity index (χ2n) is 6.80. The van der Waals surface area contributed by atoms with Gasteiger partial charge in [-0.15, -0.1) is 0 Å². The summed E-state index contributed by atoms with van der Waals surface area (Å²) in [6, 6.07) is 7.82. The largest absolute Gasteiger partial charge is 0.490 e. The fraction of sp³-hybridized carbons (Fsp3) is 0.381. The molecule has 28 heavy (non-hydrogen) atoms. The van der Waals surface area contributed by atoms with E-state index in [9.17, 15) is 4.79 Å². The molecule has 1 aromatic heterocycles. The van der Waals surface area contributed by atoms with Crippen LogP contribution >= 0.6 is 0 Å².